The summed E-state index contributed by atoms with van der Waals surface area (Å²) in [4.78, 5) is 19.1. The maximum absolute atomic E-state index is 13.2. The third kappa shape index (κ3) is 5.97. The van der Waals surface area contributed by atoms with Crippen molar-refractivity contribution in [1.29, 1.82) is 0 Å². The van der Waals surface area contributed by atoms with Gasteiger partial charge in [-0.3, -0.25) is 14.2 Å². The summed E-state index contributed by atoms with van der Waals surface area (Å²) in [6.45, 7) is 1.53. The standard InChI is InChI=1S/C24H27ClF3N7O3S/c1-4-19-22(33-14-17(25)7-10-20(33)30-19)23(36)29-13-16-5-8-18(9-6-16)34-11-12-35(21(31-34)15-32(2)3)39(37,38)24(26,27)28/h5-10,14H,4,11-13,15H2,1-3H3,(H,29,36). The molecule has 0 saturated heterocycles. The lowest BCUT2D eigenvalue weighted by Crippen LogP contribution is -2.53. The molecule has 0 aliphatic carbocycles. The first kappa shape index (κ1) is 28.6. The number of hydrogen-bond donors (Lipinski definition) is 1. The molecule has 4 rings (SSSR count). The number of amidine groups is 1. The van der Waals surface area contributed by atoms with Crippen molar-refractivity contribution in [1.82, 2.24) is 23.9 Å². The molecule has 39 heavy (non-hydrogen) atoms. The lowest BCUT2D eigenvalue weighted by atomic mass is 10.2. The molecular formula is C24H27ClF3N7O3S. The van der Waals surface area contributed by atoms with Crippen molar-refractivity contribution < 1.29 is 26.4 Å². The van der Waals surface area contributed by atoms with Crippen LogP contribution in [0.25, 0.3) is 5.65 Å². The Morgan fingerprint density at radius 3 is 2.44 bits per heavy atom. The number of pyridine rings is 1. The van der Waals surface area contributed by atoms with Crippen molar-refractivity contribution >= 4 is 44.7 Å². The fourth-order valence-corrected chi connectivity index (χ4v) is 5.23. The number of benzene rings is 1. The molecule has 0 radical (unpaired) electrons. The number of sulfonamides is 1. The van der Waals surface area contributed by atoms with Gasteiger partial charge in [0, 0.05) is 12.7 Å². The number of fused-ring (bicyclic) bond motifs is 1. The average molecular weight is 586 g/mol. The summed E-state index contributed by atoms with van der Waals surface area (Å²) in [5.41, 5.74) is -2.43. The van der Waals surface area contributed by atoms with Crippen LogP contribution in [0.3, 0.4) is 0 Å². The first-order chi connectivity index (χ1) is 18.3. The lowest BCUT2D eigenvalue weighted by Gasteiger charge is -2.35. The highest BCUT2D eigenvalue weighted by molar-refractivity contribution is 7.90. The summed E-state index contributed by atoms with van der Waals surface area (Å²) in [5.74, 6) is -0.551. The van der Waals surface area contributed by atoms with E-state index in [0.717, 1.165) is 5.56 Å². The van der Waals surface area contributed by atoms with E-state index >= 15 is 0 Å². The molecule has 2 aromatic heterocycles. The summed E-state index contributed by atoms with van der Waals surface area (Å²) in [7, 11) is -2.36. The van der Waals surface area contributed by atoms with Gasteiger partial charge in [-0.05, 0) is 50.3 Å². The predicted molar refractivity (Wildman–Crippen MR) is 142 cm³/mol. The number of halogens is 4. The van der Waals surface area contributed by atoms with Gasteiger partial charge in [-0.2, -0.15) is 26.7 Å². The van der Waals surface area contributed by atoms with Crippen LogP contribution in [0.1, 0.15) is 28.7 Å². The Kier molecular flexibility index (Phi) is 8.09. The zero-order valence-electron chi connectivity index (χ0n) is 21.4. The molecule has 0 bridgehead atoms. The molecule has 3 aromatic rings. The number of rotatable bonds is 8. The fraction of sp³-hybridized carbons (Fsp3) is 0.375. The number of aryl methyl sites for hydroxylation is 1. The van der Waals surface area contributed by atoms with Crippen LogP contribution in [-0.4, -0.2) is 78.0 Å². The monoisotopic (exact) mass is 585 g/mol. The first-order valence-corrected chi connectivity index (χ1v) is 13.8. The number of carbonyl (C=O) groups is 1. The number of anilines is 1. The molecule has 0 saturated carbocycles. The van der Waals surface area contributed by atoms with Crippen molar-refractivity contribution in [2.45, 2.75) is 25.4 Å². The number of hydrazone groups is 1. The number of nitrogens with zero attached hydrogens (tertiary/aromatic N) is 6. The van der Waals surface area contributed by atoms with E-state index in [1.807, 2.05) is 6.92 Å². The lowest BCUT2D eigenvalue weighted by molar-refractivity contribution is -0.0473. The second kappa shape index (κ2) is 11.0. The van der Waals surface area contributed by atoms with E-state index in [1.54, 1.807) is 61.1 Å². The quantitative estimate of drug-likeness (QED) is 0.435. The van der Waals surface area contributed by atoms with Gasteiger partial charge in [-0.25, -0.2) is 9.29 Å². The molecule has 10 nitrogen and oxygen atoms in total. The van der Waals surface area contributed by atoms with E-state index in [4.69, 9.17) is 11.6 Å². The zero-order chi connectivity index (χ0) is 28.5. The second-order valence-corrected chi connectivity index (χ2v) is 11.4. The largest absolute Gasteiger partial charge is 0.516 e. The Labute approximate surface area is 228 Å². The Morgan fingerprint density at radius 1 is 1.13 bits per heavy atom. The molecule has 1 amide bonds. The number of carbonyl (C=O) groups excluding carboxylic acids is 1. The van der Waals surface area contributed by atoms with Gasteiger partial charge in [0.05, 0.1) is 36.0 Å². The van der Waals surface area contributed by atoms with E-state index in [-0.39, 0.29) is 31.4 Å². The highest BCUT2D eigenvalue weighted by Gasteiger charge is 2.51. The van der Waals surface area contributed by atoms with E-state index in [0.29, 0.717) is 38.5 Å². The van der Waals surface area contributed by atoms with Crippen molar-refractivity contribution in [3.8, 4) is 0 Å². The number of hydrogen-bond acceptors (Lipinski definition) is 7. The molecule has 0 spiro atoms. The fourth-order valence-electron chi connectivity index (χ4n) is 4.12. The van der Waals surface area contributed by atoms with Crippen molar-refractivity contribution in [3.63, 3.8) is 0 Å². The van der Waals surface area contributed by atoms with Crippen LogP contribution in [0.2, 0.25) is 5.02 Å². The van der Waals surface area contributed by atoms with Gasteiger partial charge >= 0.3 is 15.5 Å². The smallest absolute Gasteiger partial charge is 0.347 e. The van der Waals surface area contributed by atoms with Crippen molar-refractivity contribution in [2.24, 2.45) is 5.10 Å². The SMILES string of the molecule is CCc1nc2ccc(Cl)cn2c1C(=O)NCc1ccc(N2CCN(S(=O)(=O)C(F)(F)F)C(CN(C)C)=N2)cc1. The molecule has 3 heterocycles. The van der Waals surface area contributed by atoms with Crippen LogP contribution in [-0.2, 0) is 23.0 Å². The minimum absolute atomic E-state index is 0.0705. The van der Waals surface area contributed by atoms with Gasteiger partial charge in [0.2, 0.25) is 0 Å². The number of alkyl halides is 3. The number of amides is 1. The third-order valence-corrected chi connectivity index (χ3v) is 7.75. The number of aromatic nitrogens is 2. The Hall–Kier alpha value is -3.36. The maximum atomic E-state index is 13.2. The summed E-state index contributed by atoms with van der Waals surface area (Å²) in [5, 5.41) is 9.02. The summed E-state index contributed by atoms with van der Waals surface area (Å²) in [6, 6.07) is 10.4. The van der Waals surface area contributed by atoms with Crippen LogP contribution in [0.4, 0.5) is 18.9 Å². The highest BCUT2D eigenvalue weighted by Crippen LogP contribution is 2.29. The number of nitrogens with one attached hydrogen (secondary N) is 1. The van der Waals surface area contributed by atoms with Crippen LogP contribution >= 0.6 is 11.6 Å². The molecule has 1 aliphatic heterocycles. The Morgan fingerprint density at radius 2 is 1.82 bits per heavy atom. The summed E-state index contributed by atoms with van der Waals surface area (Å²) < 4.78 is 65.7. The number of likely N-dealkylation sites (N-methyl/N-ethyl adjacent to an activating group) is 1. The minimum Gasteiger partial charge on any atom is -0.347 e. The first-order valence-electron chi connectivity index (χ1n) is 11.9. The molecule has 1 aromatic carbocycles. The number of imidazole rings is 1. The molecule has 0 fully saturated rings. The van der Waals surface area contributed by atoms with Gasteiger partial charge in [0.25, 0.3) is 5.91 Å². The van der Waals surface area contributed by atoms with Crippen molar-refractivity contribution in [3.05, 3.63) is 64.6 Å². The van der Waals surface area contributed by atoms with Gasteiger partial charge in [0.1, 0.15) is 11.3 Å². The Balaban J connectivity index is 1.50. The second-order valence-electron chi connectivity index (χ2n) is 9.09. The normalized spacial score (nSPS) is 14.7. The van der Waals surface area contributed by atoms with Crippen molar-refractivity contribution in [2.75, 3.05) is 38.7 Å². The average Bonchev–Trinajstić information content (AvgIpc) is 3.24. The molecule has 15 heteroatoms. The highest BCUT2D eigenvalue weighted by atomic mass is 35.5. The predicted octanol–water partition coefficient (Wildman–Crippen LogP) is 3.33. The topological polar surface area (TPSA) is 103 Å². The van der Waals surface area contributed by atoms with Crippen LogP contribution in [0, 0.1) is 0 Å². The van der Waals surface area contributed by atoms with E-state index in [9.17, 15) is 26.4 Å². The van der Waals surface area contributed by atoms with E-state index in [2.05, 4.69) is 15.4 Å². The maximum Gasteiger partial charge on any atom is 0.516 e. The summed E-state index contributed by atoms with van der Waals surface area (Å²) >= 11 is 6.11. The van der Waals surface area contributed by atoms with E-state index in [1.165, 1.54) is 9.91 Å². The minimum atomic E-state index is -5.57. The van der Waals surface area contributed by atoms with Crippen LogP contribution in [0.15, 0.2) is 47.7 Å². The zero-order valence-corrected chi connectivity index (χ0v) is 23.0. The molecule has 0 unspecified atom stereocenters. The van der Waals surface area contributed by atoms with Gasteiger partial charge in [-0.15, -0.1) is 0 Å². The van der Waals surface area contributed by atoms with Crippen LogP contribution < -0.4 is 10.3 Å². The molecule has 1 N–H and O–H groups in total. The third-order valence-electron chi connectivity index (χ3n) is 5.97. The van der Waals surface area contributed by atoms with Gasteiger partial charge < -0.3 is 10.2 Å². The van der Waals surface area contributed by atoms with Gasteiger partial charge in [-0.1, -0.05) is 30.7 Å². The molecular weight excluding hydrogens is 559 g/mol. The molecule has 210 valence electrons. The van der Waals surface area contributed by atoms with E-state index < -0.39 is 22.1 Å². The Bertz CT molecular complexity index is 1510. The van der Waals surface area contributed by atoms with Gasteiger partial charge in [0.15, 0.2) is 5.84 Å². The molecule has 0 atom stereocenters. The summed E-state index contributed by atoms with van der Waals surface area (Å²) in [6.07, 6.45) is 2.20. The van der Waals surface area contributed by atoms with Crippen LogP contribution in [0.5, 0.6) is 0 Å². The molecule has 1 aliphatic rings.